The third kappa shape index (κ3) is 3.10. The van der Waals surface area contributed by atoms with Crippen LogP contribution in [0.1, 0.15) is 13.3 Å². The van der Waals surface area contributed by atoms with Gasteiger partial charge in [0, 0.05) is 25.0 Å². The van der Waals surface area contributed by atoms with Gasteiger partial charge in [0.1, 0.15) is 4.90 Å². The first-order valence-corrected chi connectivity index (χ1v) is 9.34. The zero-order chi connectivity index (χ0) is 15.0. The number of nitrogens with one attached hydrogen (secondary N) is 2. The number of sulfonamides is 1. The second-order valence-electron chi connectivity index (χ2n) is 5.13. The normalized spacial score (nSPS) is 25.5. The molecule has 0 radical (unpaired) electrons. The largest absolute Gasteiger partial charge is 0.387 e. The van der Waals surface area contributed by atoms with Crippen molar-refractivity contribution in [2.24, 2.45) is 0 Å². The molecule has 1 aliphatic rings. The van der Waals surface area contributed by atoms with E-state index in [1.807, 2.05) is 0 Å². The van der Waals surface area contributed by atoms with Crippen LogP contribution in [0.15, 0.2) is 23.4 Å². The Hall–Kier alpha value is -1.19. The number of pyridine rings is 1. The van der Waals surface area contributed by atoms with Crippen LogP contribution in [0, 0.1) is 0 Å². The summed E-state index contributed by atoms with van der Waals surface area (Å²) in [5.41, 5.74) is -0.560. The summed E-state index contributed by atoms with van der Waals surface area (Å²) in [6.45, 7) is 1.60. The summed E-state index contributed by atoms with van der Waals surface area (Å²) in [7, 11) is -5.41. The van der Waals surface area contributed by atoms with Crippen LogP contribution < -0.4 is 10.0 Å². The van der Waals surface area contributed by atoms with Gasteiger partial charge in [-0.1, -0.05) is 0 Å². The highest BCUT2D eigenvalue weighted by molar-refractivity contribution is 7.92. The number of rotatable bonds is 4. The Morgan fingerprint density at radius 3 is 2.65 bits per heavy atom. The number of nitrogens with zero attached hydrogens (tertiary/aromatic N) is 1. The van der Waals surface area contributed by atoms with Crippen molar-refractivity contribution in [3.8, 4) is 0 Å². The highest BCUT2D eigenvalue weighted by Gasteiger charge is 2.41. The lowest BCUT2D eigenvalue weighted by molar-refractivity contribution is 0.462. The Morgan fingerprint density at radius 1 is 1.40 bits per heavy atom. The van der Waals surface area contributed by atoms with E-state index in [1.165, 1.54) is 12.4 Å². The molecule has 1 saturated heterocycles. The molecule has 1 aliphatic heterocycles. The first-order chi connectivity index (χ1) is 9.18. The number of hydrogen-bond donors (Lipinski definition) is 2. The van der Waals surface area contributed by atoms with Gasteiger partial charge in [0.15, 0.2) is 9.84 Å². The predicted octanol–water partition coefficient (Wildman–Crippen LogP) is -0.0212. The molecule has 1 aromatic heterocycles. The van der Waals surface area contributed by atoms with E-state index < -0.39 is 25.4 Å². The summed E-state index contributed by atoms with van der Waals surface area (Å²) in [6, 6.07) is 1.54. The van der Waals surface area contributed by atoms with E-state index in [-0.39, 0.29) is 22.8 Å². The summed E-state index contributed by atoms with van der Waals surface area (Å²) in [5.74, 6) is -0.188. The molecule has 2 rings (SSSR count). The zero-order valence-electron chi connectivity index (χ0n) is 11.3. The number of aromatic nitrogens is 1. The SMILES string of the molecule is CNc1ccncc1S(=O)(=O)NC1(C)CCS(=O)(=O)C1. The van der Waals surface area contributed by atoms with Crippen LogP contribution in [-0.2, 0) is 19.9 Å². The monoisotopic (exact) mass is 319 g/mol. The van der Waals surface area contributed by atoms with Crippen molar-refractivity contribution in [1.29, 1.82) is 0 Å². The maximum absolute atomic E-state index is 12.4. The molecular weight excluding hydrogens is 302 g/mol. The van der Waals surface area contributed by atoms with Crippen LogP contribution in [0.25, 0.3) is 0 Å². The van der Waals surface area contributed by atoms with Gasteiger partial charge < -0.3 is 5.32 Å². The average Bonchev–Trinajstić information content (AvgIpc) is 2.62. The van der Waals surface area contributed by atoms with Crippen molar-refractivity contribution in [2.45, 2.75) is 23.8 Å². The van der Waals surface area contributed by atoms with Gasteiger partial charge in [0.25, 0.3) is 0 Å². The molecule has 1 fully saturated rings. The fourth-order valence-electron chi connectivity index (χ4n) is 2.27. The highest BCUT2D eigenvalue weighted by Crippen LogP contribution is 2.27. The standard InChI is InChI=1S/C11H17N3O4S2/c1-11(4-6-19(15,16)8-11)14-20(17,18)10-7-13-5-3-9(10)12-2/h3,5,7,14H,4,6,8H2,1-2H3,(H,12,13). The van der Waals surface area contributed by atoms with Gasteiger partial charge in [-0.15, -0.1) is 0 Å². The number of anilines is 1. The maximum atomic E-state index is 12.4. The fourth-order valence-corrected chi connectivity index (χ4v) is 6.05. The summed E-state index contributed by atoms with van der Waals surface area (Å²) in [5, 5.41) is 2.78. The molecule has 0 bridgehead atoms. The van der Waals surface area contributed by atoms with E-state index in [2.05, 4.69) is 15.0 Å². The van der Waals surface area contributed by atoms with Crippen molar-refractivity contribution in [2.75, 3.05) is 23.9 Å². The van der Waals surface area contributed by atoms with E-state index in [0.29, 0.717) is 5.69 Å². The van der Waals surface area contributed by atoms with Gasteiger partial charge in [-0.05, 0) is 19.4 Å². The summed E-state index contributed by atoms with van der Waals surface area (Å²) < 4.78 is 50.4. The third-order valence-corrected chi connectivity index (χ3v) is 6.80. The maximum Gasteiger partial charge on any atom is 0.244 e. The van der Waals surface area contributed by atoms with Crippen molar-refractivity contribution < 1.29 is 16.8 Å². The van der Waals surface area contributed by atoms with Crippen molar-refractivity contribution >= 4 is 25.5 Å². The average molecular weight is 319 g/mol. The number of hydrogen-bond acceptors (Lipinski definition) is 6. The third-order valence-electron chi connectivity index (χ3n) is 3.23. The Kier molecular flexibility index (Phi) is 3.78. The van der Waals surface area contributed by atoms with Crippen LogP contribution in [-0.4, -0.2) is 45.9 Å². The van der Waals surface area contributed by atoms with Crippen LogP contribution in [0.5, 0.6) is 0 Å². The topological polar surface area (TPSA) is 105 Å². The molecule has 20 heavy (non-hydrogen) atoms. The molecular formula is C11H17N3O4S2. The molecule has 0 amide bonds. The van der Waals surface area contributed by atoms with Crippen LogP contribution in [0.4, 0.5) is 5.69 Å². The predicted molar refractivity (Wildman–Crippen MR) is 75.8 cm³/mol. The zero-order valence-corrected chi connectivity index (χ0v) is 12.9. The second kappa shape index (κ2) is 4.97. The fraction of sp³-hybridized carbons (Fsp3) is 0.545. The summed E-state index contributed by atoms with van der Waals surface area (Å²) in [4.78, 5) is 3.82. The molecule has 112 valence electrons. The van der Waals surface area contributed by atoms with Gasteiger partial charge in [-0.25, -0.2) is 21.6 Å². The second-order valence-corrected chi connectivity index (χ2v) is 8.96. The smallest absolute Gasteiger partial charge is 0.244 e. The van der Waals surface area contributed by atoms with Gasteiger partial charge in [0.05, 0.1) is 17.2 Å². The van der Waals surface area contributed by atoms with Crippen LogP contribution >= 0.6 is 0 Å². The molecule has 7 nitrogen and oxygen atoms in total. The first-order valence-electron chi connectivity index (χ1n) is 6.04. The molecule has 1 atom stereocenters. The molecule has 1 unspecified atom stereocenters. The van der Waals surface area contributed by atoms with E-state index in [4.69, 9.17) is 0 Å². The van der Waals surface area contributed by atoms with E-state index in [1.54, 1.807) is 20.0 Å². The van der Waals surface area contributed by atoms with Crippen molar-refractivity contribution in [1.82, 2.24) is 9.71 Å². The highest BCUT2D eigenvalue weighted by atomic mass is 32.2. The van der Waals surface area contributed by atoms with E-state index >= 15 is 0 Å². The van der Waals surface area contributed by atoms with Gasteiger partial charge >= 0.3 is 0 Å². The van der Waals surface area contributed by atoms with Gasteiger partial charge in [0.2, 0.25) is 10.0 Å². The minimum Gasteiger partial charge on any atom is -0.387 e. The Labute approximate surface area is 118 Å². The molecule has 2 N–H and O–H groups in total. The summed E-state index contributed by atoms with van der Waals surface area (Å²) >= 11 is 0. The van der Waals surface area contributed by atoms with E-state index in [0.717, 1.165) is 0 Å². The quantitative estimate of drug-likeness (QED) is 0.808. The minimum absolute atomic E-state index is 0.00204. The molecule has 9 heteroatoms. The lowest BCUT2D eigenvalue weighted by Crippen LogP contribution is -2.46. The summed E-state index contributed by atoms with van der Waals surface area (Å²) in [6.07, 6.45) is 2.98. The van der Waals surface area contributed by atoms with Gasteiger partial charge in [-0.3, -0.25) is 4.98 Å². The first kappa shape index (κ1) is 15.2. The van der Waals surface area contributed by atoms with Crippen molar-refractivity contribution in [3.63, 3.8) is 0 Å². The minimum atomic E-state index is -3.83. The van der Waals surface area contributed by atoms with Gasteiger partial charge in [-0.2, -0.15) is 0 Å². The van der Waals surface area contributed by atoms with Crippen LogP contribution in [0.2, 0.25) is 0 Å². The Morgan fingerprint density at radius 2 is 2.10 bits per heavy atom. The number of sulfone groups is 1. The molecule has 0 spiro atoms. The lowest BCUT2D eigenvalue weighted by Gasteiger charge is -2.24. The van der Waals surface area contributed by atoms with Crippen molar-refractivity contribution in [3.05, 3.63) is 18.5 Å². The Bertz CT molecular complexity index is 715. The lowest BCUT2D eigenvalue weighted by atomic mass is 10.0. The molecule has 0 aromatic carbocycles. The molecule has 0 saturated carbocycles. The van der Waals surface area contributed by atoms with E-state index in [9.17, 15) is 16.8 Å². The molecule has 0 aliphatic carbocycles. The van der Waals surface area contributed by atoms with Crippen LogP contribution in [0.3, 0.4) is 0 Å². The molecule has 1 aromatic rings. The Balaban J connectivity index is 2.33. The molecule has 2 heterocycles.